The second-order valence-corrected chi connectivity index (χ2v) is 8.50. The molecule has 1 atom stereocenters. The minimum Gasteiger partial charge on any atom is -1.00 e. The molecule has 154 valence electrons. The topological polar surface area (TPSA) is 66.8 Å². The van der Waals surface area contributed by atoms with Crippen molar-refractivity contribution in [3.63, 3.8) is 0 Å². The quantitative estimate of drug-likeness (QED) is 0.457. The molecular formula is C23H26BrNO4. The minimum absolute atomic E-state index is 0. The minimum atomic E-state index is -1.76. The molecule has 6 heteroatoms. The maximum absolute atomic E-state index is 13.4. The highest BCUT2D eigenvalue weighted by molar-refractivity contribution is 5.96. The van der Waals surface area contributed by atoms with Crippen LogP contribution < -0.4 is 17.0 Å². The molecule has 0 unspecified atom stereocenters. The number of carbonyl (C=O) groups is 1. The molecule has 2 aromatic carbocycles. The fourth-order valence-corrected chi connectivity index (χ4v) is 5.54. The molecule has 29 heavy (non-hydrogen) atoms. The summed E-state index contributed by atoms with van der Waals surface area (Å²) < 4.78 is 6.83. The lowest BCUT2D eigenvalue weighted by Crippen LogP contribution is -3.00. The van der Waals surface area contributed by atoms with Crippen molar-refractivity contribution >= 4 is 5.97 Å². The standard InChI is InChI=1S/C23H26NO4.BrH/c25-14-13-24-11-9-16(10-12-24)21(15-24)28-22(26)23(27)19-7-3-1-5-17(19)18-6-2-4-8-20(18)23;/h1-8,16,21,25,27H,9-15H2;1H/q+1;/p-1/t16?,21-,24?;/m0./s1. The van der Waals surface area contributed by atoms with Crippen molar-refractivity contribution in [2.24, 2.45) is 5.92 Å². The maximum Gasteiger partial charge on any atom is 0.348 e. The molecule has 5 nitrogen and oxygen atoms in total. The molecule has 2 aromatic rings. The van der Waals surface area contributed by atoms with E-state index in [4.69, 9.17) is 4.74 Å². The molecule has 2 N–H and O–H groups in total. The molecular weight excluding hydrogens is 434 g/mol. The Hall–Kier alpha value is -1.73. The first kappa shape index (κ1) is 20.5. The van der Waals surface area contributed by atoms with Crippen LogP contribution in [-0.2, 0) is 15.1 Å². The van der Waals surface area contributed by atoms with Crippen molar-refractivity contribution in [3.8, 4) is 11.1 Å². The first-order valence-corrected chi connectivity index (χ1v) is 10.2. The number of ether oxygens (including phenoxy) is 1. The molecule has 0 saturated carbocycles. The van der Waals surface area contributed by atoms with E-state index in [1.54, 1.807) is 0 Å². The van der Waals surface area contributed by atoms with E-state index < -0.39 is 11.6 Å². The van der Waals surface area contributed by atoms with Gasteiger partial charge < -0.3 is 36.4 Å². The third-order valence-electron chi connectivity index (χ3n) is 7.09. The van der Waals surface area contributed by atoms with Gasteiger partial charge in [-0.05, 0) is 11.1 Å². The Morgan fingerprint density at radius 3 is 2.14 bits per heavy atom. The lowest BCUT2D eigenvalue weighted by Gasteiger charge is -2.52. The number of piperidine rings is 3. The van der Waals surface area contributed by atoms with E-state index in [1.807, 2.05) is 48.5 Å². The van der Waals surface area contributed by atoms with Crippen LogP contribution >= 0.6 is 0 Å². The third kappa shape index (κ3) is 3.05. The monoisotopic (exact) mass is 459 g/mol. The molecule has 6 rings (SSSR count). The van der Waals surface area contributed by atoms with E-state index in [9.17, 15) is 15.0 Å². The Morgan fingerprint density at radius 1 is 1.03 bits per heavy atom. The number of aliphatic hydroxyl groups excluding tert-OH is 1. The van der Waals surface area contributed by atoms with Crippen molar-refractivity contribution < 1.29 is 41.2 Å². The molecule has 0 spiro atoms. The number of halogens is 1. The lowest BCUT2D eigenvalue weighted by molar-refractivity contribution is -0.946. The molecule has 3 fully saturated rings. The van der Waals surface area contributed by atoms with Crippen LogP contribution in [0.2, 0.25) is 0 Å². The van der Waals surface area contributed by atoms with Crippen LogP contribution in [0.3, 0.4) is 0 Å². The van der Waals surface area contributed by atoms with Gasteiger partial charge in [0.1, 0.15) is 13.1 Å². The number of aliphatic hydroxyl groups is 2. The zero-order valence-corrected chi connectivity index (χ0v) is 17.8. The van der Waals surface area contributed by atoms with Gasteiger partial charge in [-0.2, -0.15) is 0 Å². The molecule has 2 bridgehead atoms. The fourth-order valence-electron chi connectivity index (χ4n) is 5.54. The highest BCUT2D eigenvalue weighted by Gasteiger charge is 2.53. The second-order valence-electron chi connectivity index (χ2n) is 8.50. The van der Waals surface area contributed by atoms with Crippen LogP contribution in [0.15, 0.2) is 48.5 Å². The summed E-state index contributed by atoms with van der Waals surface area (Å²) in [5.74, 6) is -0.232. The Labute approximate surface area is 181 Å². The number of rotatable bonds is 4. The van der Waals surface area contributed by atoms with E-state index in [1.165, 1.54) is 0 Å². The number of hydrogen-bond acceptors (Lipinski definition) is 4. The fraction of sp³-hybridized carbons (Fsp3) is 0.435. The average molecular weight is 460 g/mol. The summed E-state index contributed by atoms with van der Waals surface area (Å²) in [7, 11) is 0. The van der Waals surface area contributed by atoms with Crippen molar-refractivity contribution in [3.05, 3.63) is 59.7 Å². The Morgan fingerprint density at radius 2 is 1.59 bits per heavy atom. The first-order chi connectivity index (χ1) is 13.6. The van der Waals surface area contributed by atoms with Crippen LogP contribution in [0.25, 0.3) is 11.1 Å². The van der Waals surface area contributed by atoms with Gasteiger partial charge in [-0.1, -0.05) is 48.5 Å². The number of quaternary nitrogens is 1. The molecule has 3 saturated heterocycles. The number of hydrogen-bond donors (Lipinski definition) is 2. The number of esters is 1. The van der Waals surface area contributed by atoms with Gasteiger partial charge in [0.05, 0.1) is 19.7 Å². The van der Waals surface area contributed by atoms with E-state index in [0.717, 1.165) is 48.1 Å². The molecule has 1 aliphatic carbocycles. The second kappa shape index (κ2) is 7.51. The molecule has 0 aromatic heterocycles. The lowest BCUT2D eigenvalue weighted by atomic mass is 9.83. The van der Waals surface area contributed by atoms with Gasteiger partial charge in [-0.15, -0.1) is 0 Å². The molecule has 0 radical (unpaired) electrons. The summed E-state index contributed by atoms with van der Waals surface area (Å²) in [6.45, 7) is 3.66. The van der Waals surface area contributed by atoms with Crippen molar-refractivity contribution in [1.82, 2.24) is 0 Å². The van der Waals surface area contributed by atoms with Gasteiger partial charge in [0.15, 0.2) is 6.10 Å². The van der Waals surface area contributed by atoms with Gasteiger partial charge in [-0.3, -0.25) is 0 Å². The number of carbonyl (C=O) groups excluding carboxylic acids is 1. The summed E-state index contributed by atoms with van der Waals surface area (Å²) >= 11 is 0. The Kier molecular flexibility index (Phi) is 5.32. The normalized spacial score (nSPS) is 28.2. The molecule has 0 amide bonds. The smallest absolute Gasteiger partial charge is 0.348 e. The summed E-state index contributed by atoms with van der Waals surface area (Å²) in [5, 5.41) is 21.1. The SMILES string of the molecule is O=C(O[C@H]1C[N+]2(CCO)CCC1CC2)C1(O)c2ccccc2-c2ccccc21.[Br-]. The predicted molar refractivity (Wildman–Crippen MR) is 104 cm³/mol. The van der Waals surface area contributed by atoms with Gasteiger partial charge in [-0.25, -0.2) is 4.79 Å². The largest absolute Gasteiger partial charge is 1.00 e. The van der Waals surface area contributed by atoms with Crippen molar-refractivity contribution in [2.45, 2.75) is 24.5 Å². The van der Waals surface area contributed by atoms with Crippen LogP contribution in [0, 0.1) is 5.92 Å². The van der Waals surface area contributed by atoms with Crippen LogP contribution in [0.5, 0.6) is 0 Å². The summed E-state index contributed by atoms with van der Waals surface area (Å²) in [6, 6.07) is 15.0. The summed E-state index contributed by atoms with van der Waals surface area (Å²) in [4.78, 5) is 13.4. The first-order valence-electron chi connectivity index (χ1n) is 10.2. The van der Waals surface area contributed by atoms with Crippen molar-refractivity contribution in [2.75, 3.05) is 32.8 Å². The zero-order chi connectivity index (χ0) is 19.4. The third-order valence-corrected chi connectivity index (χ3v) is 7.09. The Bertz CT molecular complexity index is 872. The maximum atomic E-state index is 13.4. The van der Waals surface area contributed by atoms with Gasteiger partial charge in [0.2, 0.25) is 5.60 Å². The van der Waals surface area contributed by atoms with E-state index in [2.05, 4.69) is 0 Å². The number of fused-ring (bicyclic) bond motifs is 6. The zero-order valence-electron chi connectivity index (χ0n) is 16.3. The predicted octanol–water partition coefficient (Wildman–Crippen LogP) is -0.949. The van der Waals surface area contributed by atoms with E-state index in [-0.39, 0.29) is 29.7 Å². The molecule has 3 aliphatic heterocycles. The van der Waals surface area contributed by atoms with E-state index in [0.29, 0.717) is 23.6 Å². The highest BCUT2D eigenvalue weighted by Crippen LogP contribution is 2.48. The van der Waals surface area contributed by atoms with Gasteiger partial charge in [0.25, 0.3) is 0 Å². The van der Waals surface area contributed by atoms with Crippen molar-refractivity contribution in [1.29, 1.82) is 0 Å². The van der Waals surface area contributed by atoms with Gasteiger partial charge in [0, 0.05) is 29.9 Å². The van der Waals surface area contributed by atoms with Crippen LogP contribution in [0.1, 0.15) is 24.0 Å². The molecule has 4 aliphatic rings. The number of benzene rings is 2. The average Bonchev–Trinajstić information content (AvgIpc) is 2.99. The molecule has 3 heterocycles. The highest BCUT2D eigenvalue weighted by atomic mass is 79.9. The summed E-state index contributed by atoms with van der Waals surface area (Å²) in [5.41, 5.74) is 1.20. The van der Waals surface area contributed by atoms with Crippen LogP contribution in [-0.4, -0.2) is 59.6 Å². The summed E-state index contributed by atoms with van der Waals surface area (Å²) in [6.07, 6.45) is 1.80. The van der Waals surface area contributed by atoms with E-state index >= 15 is 0 Å². The van der Waals surface area contributed by atoms with Gasteiger partial charge >= 0.3 is 5.97 Å². The number of nitrogens with zero attached hydrogens (tertiary/aromatic N) is 1. The van der Waals surface area contributed by atoms with Crippen LogP contribution in [0.4, 0.5) is 0 Å². The Balaban J connectivity index is 0.00000205.